The van der Waals surface area contributed by atoms with Crippen LogP contribution in [-0.2, 0) is 26.2 Å². The summed E-state index contributed by atoms with van der Waals surface area (Å²) < 4.78 is 29.0. The Balaban J connectivity index is 1.75. The number of rotatable bonds is 11. The molecule has 224 valence electrons. The van der Waals surface area contributed by atoms with Gasteiger partial charge in [0.1, 0.15) is 12.6 Å². The Labute approximate surface area is 262 Å². The minimum absolute atomic E-state index is 0.0209. The van der Waals surface area contributed by atoms with Crippen molar-refractivity contribution < 1.29 is 18.0 Å². The van der Waals surface area contributed by atoms with Crippen molar-refractivity contribution in [1.82, 2.24) is 10.2 Å². The molecule has 3 aromatic rings. The largest absolute Gasteiger partial charge is 0.352 e. The molecule has 1 N–H and O–H groups in total. The Morgan fingerprint density at radius 2 is 1.57 bits per heavy atom. The number of nitrogens with one attached hydrogen (secondary N) is 1. The van der Waals surface area contributed by atoms with Crippen molar-refractivity contribution >= 4 is 62.3 Å². The van der Waals surface area contributed by atoms with Crippen LogP contribution in [0.3, 0.4) is 0 Å². The van der Waals surface area contributed by atoms with Crippen molar-refractivity contribution in [1.29, 1.82) is 0 Å². The van der Waals surface area contributed by atoms with E-state index in [0.29, 0.717) is 27.1 Å². The molecule has 0 aliphatic heterocycles. The van der Waals surface area contributed by atoms with E-state index in [1.54, 1.807) is 48.5 Å². The van der Waals surface area contributed by atoms with E-state index < -0.39 is 28.5 Å². The highest BCUT2D eigenvalue weighted by Gasteiger charge is 2.35. The van der Waals surface area contributed by atoms with Crippen molar-refractivity contribution in [3.63, 3.8) is 0 Å². The van der Waals surface area contributed by atoms with Gasteiger partial charge in [0.15, 0.2) is 0 Å². The fourth-order valence-electron chi connectivity index (χ4n) is 5.14. The molecule has 1 aliphatic rings. The average molecular weight is 651 g/mol. The SMILES string of the molecule is CCC(C(=O)NC1CCCC1)N(Cc1c(Cl)cccc1Cl)C(=O)CN(c1cccc(Cl)c1)S(=O)(=O)c1ccc(C)cc1. The Bertz CT molecular complexity index is 1510. The number of hydrogen-bond acceptors (Lipinski definition) is 4. The van der Waals surface area contributed by atoms with Crippen LogP contribution < -0.4 is 9.62 Å². The van der Waals surface area contributed by atoms with Crippen LogP contribution in [0.2, 0.25) is 15.1 Å². The minimum Gasteiger partial charge on any atom is -0.352 e. The molecule has 0 heterocycles. The normalized spacial score (nSPS) is 14.4. The van der Waals surface area contributed by atoms with Crippen LogP contribution in [0.25, 0.3) is 0 Å². The number of nitrogens with zero attached hydrogens (tertiary/aromatic N) is 2. The molecule has 3 aromatic carbocycles. The molecule has 11 heteroatoms. The van der Waals surface area contributed by atoms with Gasteiger partial charge in [0.25, 0.3) is 10.0 Å². The van der Waals surface area contributed by atoms with Gasteiger partial charge in [-0.1, -0.05) is 84.4 Å². The molecule has 1 saturated carbocycles. The lowest BCUT2D eigenvalue weighted by molar-refractivity contribution is -0.140. The summed E-state index contributed by atoms with van der Waals surface area (Å²) in [5, 5.41) is 4.07. The number of aryl methyl sites for hydroxylation is 1. The highest BCUT2D eigenvalue weighted by Crippen LogP contribution is 2.30. The third-order valence-corrected chi connectivity index (χ3v) is 10.2. The monoisotopic (exact) mass is 649 g/mol. The zero-order valence-electron chi connectivity index (χ0n) is 23.5. The number of sulfonamides is 1. The smallest absolute Gasteiger partial charge is 0.264 e. The molecule has 0 radical (unpaired) electrons. The second-order valence-corrected chi connectivity index (χ2v) is 13.6. The molecule has 1 unspecified atom stereocenters. The maximum absolute atomic E-state index is 14.2. The summed E-state index contributed by atoms with van der Waals surface area (Å²) >= 11 is 19.2. The average Bonchev–Trinajstić information content (AvgIpc) is 3.46. The molecular formula is C31H34Cl3N3O4S. The lowest BCUT2D eigenvalue weighted by atomic mass is 10.1. The van der Waals surface area contributed by atoms with Crippen LogP contribution in [0.15, 0.2) is 71.6 Å². The molecule has 42 heavy (non-hydrogen) atoms. The highest BCUT2D eigenvalue weighted by atomic mass is 35.5. The first-order valence-electron chi connectivity index (χ1n) is 13.9. The predicted octanol–water partition coefficient (Wildman–Crippen LogP) is 7.02. The lowest BCUT2D eigenvalue weighted by Crippen LogP contribution is -2.53. The summed E-state index contributed by atoms with van der Waals surface area (Å²) in [6, 6.07) is 16.8. The topological polar surface area (TPSA) is 86.8 Å². The zero-order chi connectivity index (χ0) is 30.4. The second-order valence-electron chi connectivity index (χ2n) is 10.4. The van der Waals surface area contributed by atoms with Crippen molar-refractivity contribution in [2.75, 3.05) is 10.8 Å². The van der Waals surface area contributed by atoms with Crippen molar-refractivity contribution in [2.45, 2.75) is 69.5 Å². The summed E-state index contributed by atoms with van der Waals surface area (Å²) in [6.07, 6.45) is 4.12. The van der Waals surface area contributed by atoms with Crippen LogP contribution in [0.1, 0.15) is 50.2 Å². The number of benzene rings is 3. The van der Waals surface area contributed by atoms with Gasteiger partial charge < -0.3 is 10.2 Å². The highest BCUT2D eigenvalue weighted by molar-refractivity contribution is 7.92. The number of anilines is 1. The van der Waals surface area contributed by atoms with Crippen molar-refractivity contribution in [3.8, 4) is 0 Å². The van der Waals surface area contributed by atoms with Gasteiger partial charge in [-0.05, 0) is 68.7 Å². The molecule has 0 bridgehead atoms. The predicted molar refractivity (Wildman–Crippen MR) is 169 cm³/mol. The summed E-state index contributed by atoms with van der Waals surface area (Å²) in [7, 11) is -4.20. The summed E-state index contributed by atoms with van der Waals surface area (Å²) in [4.78, 5) is 29.2. The fraction of sp³-hybridized carbons (Fsp3) is 0.355. The van der Waals surface area contributed by atoms with Crippen molar-refractivity contribution in [3.05, 3.63) is 92.9 Å². The maximum atomic E-state index is 14.2. The van der Waals surface area contributed by atoms with Gasteiger partial charge in [0.05, 0.1) is 10.6 Å². The number of carbonyl (C=O) groups excluding carboxylic acids is 2. The Hall–Kier alpha value is -2.78. The first kappa shape index (κ1) is 32.1. The summed E-state index contributed by atoms with van der Waals surface area (Å²) in [5.41, 5.74) is 1.58. The molecule has 0 saturated heterocycles. The Morgan fingerprint density at radius 1 is 0.952 bits per heavy atom. The van der Waals surface area contributed by atoms with E-state index in [4.69, 9.17) is 34.8 Å². The van der Waals surface area contributed by atoms with Gasteiger partial charge in [0, 0.05) is 33.2 Å². The van der Waals surface area contributed by atoms with Crippen molar-refractivity contribution in [2.24, 2.45) is 0 Å². The molecule has 4 rings (SSSR count). The lowest BCUT2D eigenvalue weighted by Gasteiger charge is -2.34. The summed E-state index contributed by atoms with van der Waals surface area (Å²) in [6.45, 7) is 3.01. The number of halogens is 3. The van der Waals surface area contributed by atoms with Gasteiger partial charge in [-0.3, -0.25) is 13.9 Å². The van der Waals surface area contributed by atoms with Gasteiger partial charge in [-0.15, -0.1) is 0 Å². The van der Waals surface area contributed by atoms with Crippen LogP contribution in [0.4, 0.5) is 5.69 Å². The third-order valence-electron chi connectivity index (χ3n) is 7.46. The van der Waals surface area contributed by atoms with Crippen LogP contribution in [0.5, 0.6) is 0 Å². The molecule has 7 nitrogen and oxygen atoms in total. The molecule has 0 spiro atoms. The van der Waals surface area contributed by atoms with Gasteiger partial charge in [-0.2, -0.15) is 0 Å². The maximum Gasteiger partial charge on any atom is 0.264 e. The quantitative estimate of drug-likeness (QED) is 0.242. The number of carbonyl (C=O) groups is 2. The first-order valence-corrected chi connectivity index (χ1v) is 16.5. The molecular weight excluding hydrogens is 617 g/mol. The Morgan fingerprint density at radius 3 is 2.17 bits per heavy atom. The van der Waals surface area contributed by atoms with Crippen LogP contribution in [0, 0.1) is 6.92 Å². The zero-order valence-corrected chi connectivity index (χ0v) is 26.6. The van der Waals surface area contributed by atoms with Gasteiger partial charge in [-0.25, -0.2) is 8.42 Å². The number of hydrogen-bond donors (Lipinski definition) is 1. The summed E-state index contributed by atoms with van der Waals surface area (Å²) in [5.74, 6) is -0.883. The van der Waals surface area contributed by atoms with Crippen LogP contribution >= 0.6 is 34.8 Å². The van der Waals surface area contributed by atoms with E-state index in [9.17, 15) is 18.0 Å². The third kappa shape index (κ3) is 7.59. The molecule has 2 amide bonds. The molecule has 0 aromatic heterocycles. The Kier molecular flexibility index (Phi) is 10.8. The molecule has 1 fully saturated rings. The minimum atomic E-state index is -4.20. The van der Waals surface area contributed by atoms with E-state index in [2.05, 4.69) is 5.32 Å². The standard InChI is InChI=1S/C31H34Cl3N3O4S/c1-3-29(31(39)35-23-9-4-5-10-23)36(19-26-27(33)12-7-13-28(26)34)30(38)20-37(24-11-6-8-22(32)18-24)42(40,41)25-16-14-21(2)15-17-25/h6-8,11-18,23,29H,3-5,9-10,19-20H2,1-2H3,(H,35,39). The number of amides is 2. The fourth-order valence-corrected chi connectivity index (χ4v) is 7.25. The van der Waals surface area contributed by atoms with E-state index >= 15 is 0 Å². The van der Waals surface area contributed by atoms with Gasteiger partial charge >= 0.3 is 0 Å². The van der Waals surface area contributed by atoms with E-state index in [0.717, 1.165) is 35.6 Å². The van der Waals surface area contributed by atoms with Crippen LogP contribution in [-0.4, -0.2) is 43.8 Å². The first-order chi connectivity index (χ1) is 20.0. The van der Waals surface area contributed by atoms with E-state index in [-0.39, 0.29) is 29.1 Å². The molecule has 1 atom stereocenters. The van der Waals surface area contributed by atoms with Gasteiger partial charge in [0.2, 0.25) is 11.8 Å². The molecule has 1 aliphatic carbocycles. The van der Waals surface area contributed by atoms with E-state index in [1.807, 2.05) is 13.8 Å². The van der Waals surface area contributed by atoms with E-state index in [1.165, 1.54) is 23.1 Å². The second kappa shape index (κ2) is 14.1.